The second-order valence-corrected chi connectivity index (χ2v) is 1.05. The predicted molar refractivity (Wildman–Crippen MR) is 24.6 cm³/mol. The maximum atomic E-state index is 4.83. The van der Waals surface area contributed by atoms with Crippen LogP contribution in [0.2, 0.25) is 0 Å². The van der Waals surface area contributed by atoms with Crippen LogP contribution in [0.1, 0.15) is 0 Å². The summed E-state index contributed by atoms with van der Waals surface area (Å²) in [6.45, 7) is 2.67. The van der Waals surface area contributed by atoms with E-state index >= 15 is 0 Å². The molecule has 0 aromatic carbocycles. The molecule has 1 aliphatic heterocycles. The summed E-state index contributed by atoms with van der Waals surface area (Å²) in [5, 5.41) is 3.00. The van der Waals surface area contributed by atoms with Crippen molar-refractivity contribution in [2.24, 2.45) is 0 Å². The summed E-state index contributed by atoms with van der Waals surface area (Å²) in [6.07, 6.45) is 0. The van der Waals surface area contributed by atoms with Crippen LogP contribution in [-0.2, 0) is 4.74 Å². The van der Waals surface area contributed by atoms with Crippen molar-refractivity contribution in [3.63, 3.8) is 0 Å². The van der Waals surface area contributed by atoms with Crippen molar-refractivity contribution in [1.82, 2.24) is 5.32 Å². The largest absolute Gasteiger partial charge is 0.365 e. The molecule has 1 saturated heterocycles. The van der Waals surface area contributed by atoms with Crippen molar-refractivity contribution in [2.75, 3.05) is 19.9 Å². The van der Waals surface area contributed by atoms with E-state index in [0.717, 1.165) is 19.9 Å². The van der Waals surface area contributed by atoms with Crippen LogP contribution in [0.15, 0.2) is 0 Å². The minimum Gasteiger partial charge on any atom is -0.365 e. The molecular weight excluding hydrogens is 185 g/mol. The van der Waals surface area contributed by atoms with Gasteiger partial charge in [0.25, 0.3) is 0 Å². The third-order valence-corrected chi connectivity index (χ3v) is 0.627. The van der Waals surface area contributed by atoms with Gasteiger partial charge >= 0.3 is 0 Å². The molecule has 6 heavy (non-hydrogen) atoms. The molecule has 0 spiro atoms. The molecule has 0 saturated carbocycles. The molecule has 3 heteroatoms. The molecule has 1 fully saturated rings. The third-order valence-electron chi connectivity index (χ3n) is 0.627. The zero-order chi connectivity index (χ0) is 3.54. The van der Waals surface area contributed by atoms with Crippen LogP contribution in [0, 0.1) is 0 Å². The molecule has 0 amide bonds. The molecule has 34 valence electrons. The van der Waals surface area contributed by atoms with Gasteiger partial charge in [0.05, 0.1) is 13.3 Å². The maximum Gasteiger partial charge on any atom is 0.0966 e. The summed E-state index contributed by atoms with van der Waals surface area (Å²) in [6, 6.07) is 0. The van der Waals surface area contributed by atoms with Gasteiger partial charge in [-0.2, -0.15) is 0 Å². The van der Waals surface area contributed by atoms with E-state index in [1.54, 1.807) is 0 Å². The Labute approximate surface area is 54.2 Å². The summed E-state index contributed by atoms with van der Waals surface area (Å²) in [7, 11) is 0. The number of rotatable bonds is 0. The quantitative estimate of drug-likeness (QED) is 0.506. The molecule has 0 bridgehead atoms. The number of hydrogen-bond acceptors (Lipinski definition) is 2. The molecule has 1 aliphatic rings. The Morgan fingerprint density at radius 3 is 2.50 bits per heavy atom. The van der Waals surface area contributed by atoms with Gasteiger partial charge in [0.2, 0.25) is 0 Å². The van der Waals surface area contributed by atoms with Crippen LogP contribution in [0.3, 0.4) is 0 Å². The van der Waals surface area contributed by atoms with Crippen LogP contribution in [0.25, 0.3) is 0 Å². The summed E-state index contributed by atoms with van der Waals surface area (Å²) in [5.41, 5.74) is 0. The molecule has 4 radical (unpaired) electrons. The molecule has 2 nitrogen and oxygen atoms in total. The van der Waals surface area contributed by atoms with Crippen molar-refractivity contribution in [1.29, 1.82) is 0 Å². The van der Waals surface area contributed by atoms with Crippen LogP contribution < -0.4 is 5.32 Å². The number of hydrogen-bond donors (Lipinski definition) is 1. The second kappa shape index (κ2) is 3.89. The van der Waals surface area contributed by atoms with Gasteiger partial charge in [-0.1, -0.05) is 0 Å². The van der Waals surface area contributed by atoms with Crippen molar-refractivity contribution < 1.29 is 4.74 Å². The van der Waals surface area contributed by atoms with E-state index in [0.29, 0.717) is 0 Å². The van der Waals surface area contributed by atoms with E-state index in [9.17, 15) is 0 Å². The molecule has 0 aliphatic carbocycles. The van der Waals surface area contributed by atoms with Gasteiger partial charge in [0.1, 0.15) is 0 Å². The molecule has 1 N–H and O–H groups in total. The van der Waals surface area contributed by atoms with Crippen molar-refractivity contribution in [3.8, 4) is 0 Å². The Morgan fingerprint density at radius 2 is 2.33 bits per heavy atom. The van der Waals surface area contributed by atoms with Gasteiger partial charge in [-0.25, -0.2) is 0 Å². The first-order valence-corrected chi connectivity index (χ1v) is 1.78. The minimum atomic E-state index is 0. The van der Waals surface area contributed by atoms with Crippen LogP contribution >= 0.6 is 0 Å². The zero-order valence-electron chi connectivity index (χ0n) is 3.53. The first-order chi connectivity index (χ1) is 2.50. The van der Waals surface area contributed by atoms with Gasteiger partial charge in [-0.3, -0.25) is 5.32 Å². The van der Waals surface area contributed by atoms with E-state index in [4.69, 9.17) is 4.74 Å². The number of ether oxygens (including phenoxy) is 1. The smallest absolute Gasteiger partial charge is 0.0966 e. The monoisotopic (exact) mass is 193 g/mol. The van der Waals surface area contributed by atoms with E-state index < -0.39 is 0 Å². The summed E-state index contributed by atoms with van der Waals surface area (Å²) in [4.78, 5) is 0. The molecule has 0 atom stereocenters. The van der Waals surface area contributed by atoms with Gasteiger partial charge in [0, 0.05) is 30.5 Å². The Balaban J connectivity index is 0.000000250. The fraction of sp³-hybridized carbons (Fsp3) is 1.00. The standard InChI is InChI=1S/C3H7NO.Sn/c1-2-5-3-4-1;/h4H,1-3H2;. The molecule has 0 aromatic heterocycles. The van der Waals surface area contributed by atoms with Gasteiger partial charge in [0.15, 0.2) is 0 Å². The van der Waals surface area contributed by atoms with Crippen molar-refractivity contribution in [3.05, 3.63) is 0 Å². The van der Waals surface area contributed by atoms with Gasteiger partial charge < -0.3 is 4.74 Å². The van der Waals surface area contributed by atoms with Crippen LogP contribution in [0.5, 0.6) is 0 Å². The molecular formula is C3H7NOSn. The first kappa shape index (κ1) is 6.72. The van der Waals surface area contributed by atoms with Crippen LogP contribution in [0.4, 0.5) is 0 Å². The van der Waals surface area contributed by atoms with E-state index in [1.807, 2.05) is 0 Å². The predicted octanol–water partition coefficient (Wildman–Crippen LogP) is -0.817. The topological polar surface area (TPSA) is 21.3 Å². The summed E-state index contributed by atoms with van der Waals surface area (Å²) >= 11 is 0. The van der Waals surface area contributed by atoms with E-state index in [1.165, 1.54) is 0 Å². The Hall–Kier alpha value is 0.719. The first-order valence-electron chi connectivity index (χ1n) is 1.78. The molecule has 0 unspecified atom stereocenters. The second-order valence-electron chi connectivity index (χ2n) is 1.05. The minimum absolute atomic E-state index is 0. The van der Waals surface area contributed by atoms with Crippen molar-refractivity contribution >= 4 is 23.9 Å². The van der Waals surface area contributed by atoms with E-state index in [-0.39, 0.29) is 23.9 Å². The SMILES string of the molecule is C1COCN1.[Sn]. The fourth-order valence-corrected chi connectivity index (χ4v) is 0.361. The van der Waals surface area contributed by atoms with Crippen LogP contribution in [-0.4, -0.2) is 43.8 Å². The zero-order valence-corrected chi connectivity index (χ0v) is 6.38. The number of nitrogens with one attached hydrogen (secondary N) is 1. The van der Waals surface area contributed by atoms with Crippen molar-refractivity contribution in [2.45, 2.75) is 0 Å². The molecule has 1 rings (SSSR count). The van der Waals surface area contributed by atoms with Gasteiger partial charge in [-0.15, -0.1) is 0 Å². The molecule has 0 aromatic rings. The molecule has 1 heterocycles. The van der Waals surface area contributed by atoms with Gasteiger partial charge in [-0.05, 0) is 0 Å². The Bertz CT molecular complexity index is 22.4. The fourth-order valence-electron chi connectivity index (χ4n) is 0.361. The maximum absolute atomic E-state index is 4.83. The Morgan fingerprint density at radius 1 is 1.50 bits per heavy atom. The average molecular weight is 192 g/mol. The Kier molecular flexibility index (Phi) is 4.36. The summed E-state index contributed by atoms with van der Waals surface area (Å²) in [5.74, 6) is 0. The normalized spacial score (nSPS) is 20.0. The summed E-state index contributed by atoms with van der Waals surface area (Å²) < 4.78 is 4.83. The van der Waals surface area contributed by atoms with E-state index in [2.05, 4.69) is 5.32 Å². The average Bonchev–Trinajstić information content (AvgIpc) is 1.76. The third kappa shape index (κ3) is 2.00.